The van der Waals surface area contributed by atoms with Crippen molar-refractivity contribution < 1.29 is 9.90 Å². The summed E-state index contributed by atoms with van der Waals surface area (Å²) in [5.41, 5.74) is 2.15. The van der Waals surface area contributed by atoms with Gasteiger partial charge in [0.1, 0.15) is 0 Å². The Balaban J connectivity index is 1.46. The Kier molecular flexibility index (Phi) is 5.76. The third kappa shape index (κ3) is 4.40. The van der Waals surface area contributed by atoms with Crippen LogP contribution in [0.5, 0.6) is 0 Å². The van der Waals surface area contributed by atoms with E-state index in [2.05, 4.69) is 28.0 Å². The smallest absolute Gasteiger partial charge is 0.222 e. The molecule has 3 rings (SSSR count). The molecule has 0 bridgehead atoms. The maximum atomic E-state index is 12.5. The van der Waals surface area contributed by atoms with Gasteiger partial charge >= 0.3 is 0 Å². The van der Waals surface area contributed by atoms with Gasteiger partial charge in [-0.2, -0.15) is 5.10 Å². The summed E-state index contributed by atoms with van der Waals surface area (Å²) in [5, 5.41) is 14.8. The van der Waals surface area contributed by atoms with Gasteiger partial charge in [0, 0.05) is 57.9 Å². The molecule has 2 aliphatic rings. The maximum Gasteiger partial charge on any atom is 0.222 e. The summed E-state index contributed by atoms with van der Waals surface area (Å²) in [6.07, 6.45) is 0.871. The van der Waals surface area contributed by atoms with Crippen LogP contribution in [0.4, 0.5) is 0 Å². The highest BCUT2D eigenvalue weighted by Crippen LogP contribution is 2.19. The summed E-state index contributed by atoms with van der Waals surface area (Å²) in [6.45, 7) is 9.91. The number of β-amino-alcohol motifs (C(OH)–C–C–N with tert-alkyl or cyclic N) is 1. The van der Waals surface area contributed by atoms with E-state index in [-0.39, 0.29) is 11.9 Å². The minimum absolute atomic E-state index is 0.0914. The molecule has 1 aromatic rings. The average Bonchev–Trinajstić information content (AvgIpc) is 3.10. The predicted octanol–water partition coefficient (Wildman–Crippen LogP) is 0.0992. The molecule has 0 saturated carbocycles. The molecule has 1 aromatic heterocycles. The number of aliphatic hydroxyl groups excluding tert-OH is 1. The van der Waals surface area contributed by atoms with Crippen molar-refractivity contribution in [1.29, 1.82) is 0 Å². The van der Waals surface area contributed by atoms with Crippen molar-refractivity contribution in [3.05, 3.63) is 17.5 Å². The minimum atomic E-state index is -0.427. The summed E-state index contributed by atoms with van der Waals surface area (Å²) >= 11 is 0. The zero-order valence-electron chi connectivity index (χ0n) is 15.7. The number of hydrogen-bond donors (Lipinski definition) is 1. The lowest BCUT2D eigenvalue weighted by atomic mass is 10.1. The van der Waals surface area contributed by atoms with Crippen LogP contribution in [0, 0.1) is 13.8 Å². The molecule has 7 heteroatoms. The molecule has 140 valence electrons. The predicted molar refractivity (Wildman–Crippen MR) is 96.4 cm³/mol. The van der Waals surface area contributed by atoms with Crippen molar-refractivity contribution in [2.45, 2.75) is 45.4 Å². The van der Waals surface area contributed by atoms with Crippen molar-refractivity contribution in [2.24, 2.45) is 0 Å². The SMILES string of the molecule is Cc1cc(C)n(CCCC(=O)N2C[C@@H](O)[C@H](N3CCN(C)CC3)C2)n1. The monoisotopic (exact) mass is 349 g/mol. The molecule has 2 fully saturated rings. The van der Waals surface area contributed by atoms with Crippen molar-refractivity contribution in [1.82, 2.24) is 24.5 Å². The number of carbonyl (C=O) groups excluding carboxylic acids is 1. The number of aromatic nitrogens is 2. The number of nitrogens with zero attached hydrogens (tertiary/aromatic N) is 5. The standard InChI is InChI=1S/C18H31N5O2/c1-14-11-15(2)23(19-14)6-4-5-18(25)22-12-16(17(24)13-22)21-9-7-20(3)8-10-21/h11,16-17,24H,4-10,12-13H2,1-3H3/t16-,17-/m1/s1. The third-order valence-electron chi connectivity index (χ3n) is 5.48. The van der Waals surface area contributed by atoms with E-state index < -0.39 is 6.10 Å². The number of rotatable bonds is 5. The van der Waals surface area contributed by atoms with E-state index in [9.17, 15) is 9.90 Å². The first-order valence-corrected chi connectivity index (χ1v) is 9.33. The lowest BCUT2D eigenvalue weighted by molar-refractivity contribution is -0.130. The van der Waals surface area contributed by atoms with Gasteiger partial charge in [-0.15, -0.1) is 0 Å². The number of hydrogen-bond acceptors (Lipinski definition) is 5. The van der Waals surface area contributed by atoms with E-state index in [1.165, 1.54) is 0 Å². The third-order valence-corrected chi connectivity index (χ3v) is 5.48. The highest BCUT2D eigenvalue weighted by molar-refractivity contribution is 5.76. The van der Waals surface area contributed by atoms with Gasteiger partial charge in [-0.25, -0.2) is 0 Å². The first-order valence-electron chi connectivity index (χ1n) is 9.33. The van der Waals surface area contributed by atoms with Gasteiger partial charge in [-0.3, -0.25) is 14.4 Å². The first kappa shape index (κ1) is 18.4. The Morgan fingerprint density at radius 2 is 1.96 bits per heavy atom. The molecule has 7 nitrogen and oxygen atoms in total. The van der Waals surface area contributed by atoms with Crippen LogP contribution >= 0.6 is 0 Å². The van der Waals surface area contributed by atoms with Crippen LogP contribution in [0.25, 0.3) is 0 Å². The van der Waals surface area contributed by atoms with E-state index >= 15 is 0 Å². The largest absolute Gasteiger partial charge is 0.390 e. The molecule has 0 aromatic carbocycles. The molecule has 0 unspecified atom stereocenters. The van der Waals surface area contributed by atoms with Crippen LogP contribution in [0.2, 0.25) is 0 Å². The summed E-state index contributed by atoms with van der Waals surface area (Å²) in [5.74, 6) is 0.150. The minimum Gasteiger partial charge on any atom is -0.390 e. The van der Waals surface area contributed by atoms with Gasteiger partial charge in [0.05, 0.1) is 17.8 Å². The quantitative estimate of drug-likeness (QED) is 0.817. The molecule has 2 atom stereocenters. The van der Waals surface area contributed by atoms with Gasteiger partial charge in [0.15, 0.2) is 0 Å². The number of likely N-dealkylation sites (N-methyl/N-ethyl adjacent to an activating group) is 1. The fraction of sp³-hybridized carbons (Fsp3) is 0.778. The molecule has 0 radical (unpaired) electrons. The van der Waals surface area contributed by atoms with Gasteiger partial charge in [0.25, 0.3) is 0 Å². The van der Waals surface area contributed by atoms with Crippen LogP contribution in [0.1, 0.15) is 24.2 Å². The highest BCUT2D eigenvalue weighted by Gasteiger charge is 2.38. The van der Waals surface area contributed by atoms with E-state index in [1.807, 2.05) is 23.4 Å². The summed E-state index contributed by atoms with van der Waals surface area (Å²) < 4.78 is 1.97. The van der Waals surface area contributed by atoms with E-state index in [0.717, 1.165) is 50.5 Å². The molecule has 25 heavy (non-hydrogen) atoms. The highest BCUT2D eigenvalue weighted by atomic mass is 16.3. The second-order valence-corrected chi connectivity index (χ2v) is 7.53. The zero-order chi connectivity index (χ0) is 18.0. The van der Waals surface area contributed by atoms with E-state index in [1.54, 1.807) is 0 Å². The number of carbonyl (C=O) groups is 1. The molecule has 2 saturated heterocycles. The average molecular weight is 349 g/mol. The summed E-state index contributed by atoms with van der Waals surface area (Å²) in [7, 11) is 2.13. The van der Waals surface area contributed by atoms with Gasteiger partial charge < -0.3 is 14.9 Å². The molecule has 3 heterocycles. The molecule has 0 aliphatic carbocycles. The van der Waals surface area contributed by atoms with Crippen LogP contribution in [0.15, 0.2) is 6.07 Å². The van der Waals surface area contributed by atoms with Gasteiger partial charge in [0.2, 0.25) is 5.91 Å². The second-order valence-electron chi connectivity index (χ2n) is 7.53. The number of likely N-dealkylation sites (tertiary alicyclic amines) is 1. The van der Waals surface area contributed by atoms with Crippen LogP contribution in [-0.2, 0) is 11.3 Å². The summed E-state index contributed by atoms with van der Waals surface area (Å²) in [4.78, 5) is 19.0. The van der Waals surface area contributed by atoms with Gasteiger partial charge in [-0.05, 0) is 33.4 Å². The molecule has 1 amide bonds. The maximum absolute atomic E-state index is 12.5. The molecular weight excluding hydrogens is 318 g/mol. The molecular formula is C18H31N5O2. The van der Waals surface area contributed by atoms with Crippen molar-refractivity contribution >= 4 is 5.91 Å². The van der Waals surface area contributed by atoms with Crippen LogP contribution in [0.3, 0.4) is 0 Å². The number of aryl methyl sites for hydroxylation is 3. The summed E-state index contributed by atoms with van der Waals surface area (Å²) in [6, 6.07) is 2.15. The van der Waals surface area contributed by atoms with Crippen LogP contribution < -0.4 is 0 Å². The molecule has 0 spiro atoms. The Morgan fingerprint density at radius 3 is 2.60 bits per heavy atom. The zero-order valence-corrected chi connectivity index (χ0v) is 15.7. The van der Waals surface area contributed by atoms with Crippen molar-refractivity contribution in [3.8, 4) is 0 Å². The topological polar surface area (TPSA) is 64.8 Å². The van der Waals surface area contributed by atoms with E-state index in [0.29, 0.717) is 19.5 Å². The fourth-order valence-electron chi connectivity index (χ4n) is 3.92. The number of amides is 1. The van der Waals surface area contributed by atoms with Crippen molar-refractivity contribution in [3.63, 3.8) is 0 Å². The second kappa shape index (κ2) is 7.85. The lowest BCUT2D eigenvalue weighted by Crippen LogP contribution is -2.52. The molecule has 1 N–H and O–H groups in total. The lowest BCUT2D eigenvalue weighted by Gasteiger charge is -2.37. The Bertz CT molecular complexity index is 594. The van der Waals surface area contributed by atoms with Crippen LogP contribution in [-0.4, -0.2) is 94.0 Å². The normalized spacial score (nSPS) is 25.7. The number of aliphatic hydroxyl groups is 1. The van der Waals surface area contributed by atoms with Gasteiger partial charge in [-0.1, -0.05) is 0 Å². The fourth-order valence-corrected chi connectivity index (χ4v) is 3.92. The Morgan fingerprint density at radius 1 is 1.24 bits per heavy atom. The first-order chi connectivity index (χ1) is 11.9. The molecule has 2 aliphatic heterocycles. The number of piperazine rings is 1. The Labute approximate surface area is 150 Å². The Hall–Kier alpha value is -1.44. The van der Waals surface area contributed by atoms with Crippen molar-refractivity contribution in [2.75, 3.05) is 46.3 Å². The van der Waals surface area contributed by atoms with E-state index in [4.69, 9.17) is 0 Å².